The smallest absolute Gasteiger partial charge is 0.231 e. The summed E-state index contributed by atoms with van der Waals surface area (Å²) < 4.78 is 7.03. The molecule has 18 heavy (non-hydrogen) atoms. The Hall–Kier alpha value is -0.860. The fourth-order valence-electron chi connectivity index (χ4n) is 1.27. The topological polar surface area (TPSA) is 141 Å². The van der Waals surface area contributed by atoms with E-state index >= 15 is 0 Å². The average Bonchev–Trinajstić information content (AvgIpc) is 2.43. The second-order valence-electron chi connectivity index (χ2n) is 4.28. The summed E-state index contributed by atoms with van der Waals surface area (Å²) in [6.07, 6.45) is -5.27. The van der Waals surface area contributed by atoms with Crippen LogP contribution in [0.4, 0.5) is 0 Å². The monoisotopic (exact) mass is 264 g/mol. The van der Waals surface area contributed by atoms with Gasteiger partial charge in [0.2, 0.25) is 11.6 Å². The molecule has 106 valence electrons. The predicted molar refractivity (Wildman–Crippen MR) is 62.6 cm³/mol. The summed E-state index contributed by atoms with van der Waals surface area (Å²) in [4.78, 5) is 23.4. The van der Waals surface area contributed by atoms with Gasteiger partial charge in [-0.05, 0) is 5.92 Å². The van der Waals surface area contributed by atoms with Gasteiger partial charge in [-0.15, -0.1) is 0 Å². The molecule has 0 heterocycles. The first-order valence-electron chi connectivity index (χ1n) is 6.22. The molecule has 0 amide bonds. The number of nitrogens with two attached hydrogens (primary N) is 1. The summed E-state index contributed by atoms with van der Waals surface area (Å²) >= 11 is 0. The standard InChI is InChI=1S/C11H21NO6/c1-3-5(2)7(12)9(16)11(18)10(17)8(15)6(14)4-13/h5-8,10,13-15,17H,3-4,12H2,1-2H3/t5-,6+,7-,8+,10-/m0/s1/i/hD. The first-order valence-corrected chi connectivity index (χ1v) is 5.72. The van der Waals surface area contributed by atoms with E-state index in [4.69, 9.17) is 11.6 Å². The summed E-state index contributed by atoms with van der Waals surface area (Å²) in [5.41, 5.74) is 1.95. The van der Waals surface area contributed by atoms with Crippen LogP contribution in [0.5, 0.6) is 0 Å². The summed E-state index contributed by atoms with van der Waals surface area (Å²) in [6.45, 7) is 2.57. The van der Waals surface area contributed by atoms with Crippen LogP contribution in [0.25, 0.3) is 0 Å². The largest absolute Gasteiger partial charge is 0.394 e. The van der Waals surface area contributed by atoms with E-state index < -0.39 is 42.5 Å². The lowest BCUT2D eigenvalue weighted by molar-refractivity contribution is -0.150. The van der Waals surface area contributed by atoms with Gasteiger partial charge in [0.1, 0.15) is 19.7 Å². The quantitative estimate of drug-likeness (QED) is 0.292. The predicted octanol–water partition coefficient (Wildman–Crippen LogP) is -2.43. The van der Waals surface area contributed by atoms with Gasteiger partial charge < -0.3 is 26.2 Å². The number of ketones is 2. The number of aliphatic hydroxyl groups is 4. The van der Waals surface area contributed by atoms with Crippen molar-refractivity contribution in [1.82, 2.24) is 0 Å². The van der Waals surface area contributed by atoms with Gasteiger partial charge in [-0.25, -0.2) is 0 Å². The SMILES string of the molecule is [2H]N[C@H](C(=O)C(=O)[C@@H](O)[C@H](O)[C@H](O)CO)[C@@H](C)CC. The van der Waals surface area contributed by atoms with E-state index in [1.807, 2.05) is 5.73 Å². The van der Waals surface area contributed by atoms with Crippen molar-refractivity contribution < 1.29 is 31.4 Å². The molecule has 0 aromatic rings. The van der Waals surface area contributed by atoms with Crippen LogP contribution in [0.1, 0.15) is 20.3 Å². The van der Waals surface area contributed by atoms with Gasteiger partial charge >= 0.3 is 0 Å². The zero-order chi connectivity index (χ0) is 15.2. The zero-order valence-electron chi connectivity index (χ0n) is 11.4. The van der Waals surface area contributed by atoms with Crippen molar-refractivity contribution in [1.29, 1.82) is 0 Å². The Kier molecular flexibility index (Phi) is 6.37. The van der Waals surface area contributed by atoms with Crippen LogP contribution in [0.3, 0.4) is 0 Å². The summed E-state index contributed by atoms with van der Waals surface area (Å²) in [5, 5.41) is 36.5. The van der Waals surface area contributed by atoms with Gasteiger partial charge in [0.15, 0.2) is 0 Å². The number of Topliss-reactive ketones (excluding diaryl/α,β-unsaturated/α-hetero) is 2. The number of hydrogen-bond acceptors (Lipinski definition) is 7. The Morgan fingerprint density at radius 3 is 2.22 bits per heavy atom. The van der Waals surface area contributed by atoms with Crippen molar-refractivity contribution in [3.63, 3.8) is 0 Å². The van der Waals surface area contributed by atoms with E-state index in [1.165, 1.54) is 0 Å². The van der Waals surface area contributed by atoms with Crippen molar-refractivity contribution >= 4 is 11.6 Å². The summed E-state index contributed by atoms with van der Waals surface area (Å²) in [6, 6.07) is -1.09. The van der Waals surface area contributed by atoms with Gasteiger partial charge in [0, 0.05) is 0 Å². The molecule has 0 radical (unpaired) electrons. The first kappa shape index (κ1) is 15.2. The maximum atomic E-state index is 11.8. The Morgan fingerprint density at radius 1 is 1.28 bits per heavy atom. The van der Waals surface area contributed by atoms with Crippen LogP contribution in [0.2, 0.25) is 1.41 Å². The highest BCUT2D eigenvalue weighted by Gasteiger charge is 2.36. The van der Waals surface area contributed by atoms with Crippen molar-refractivity contribution in [2.45, 2.75) is 44.6 Å². The van der Waals surface area contributed by atoms with Crippen molar-refractivity contribution in [3.8, 4) is 0 Å². The molecular weight excluding hydrogens is 242 g/mol. The zero-order valence-corrected chi connectivity index (χ0v) is 10.4. The fourth-order valence-corrected chi connectivity index (χ4v) is 1.27. The van der Waals surface area contributed by atoms with Crippen molar-refractivity contribution in [3.05, 3.63) is 0 Å². The summed E-state index contributed by atoms with van der Waals surface area (Å²) in [7, 11) is 0. The van der Waals surface area contributed by atoms with Gasteiger partial charge in [0.05, 0.1) is 12.6 Å². The third-order valence-corrected chi connectivity index (χ3v) is 2.91. The molecule has 0 aromatic carbocycles. The number of rotatable bonds is 9. The van der Waals surface area contributed by atoms with E-state index in [9.17, 15) is 19.8 Å². The molecule has 0 spiro atoms. The highest BCUT2D eigenvalue weighted by Crippen LogP contribution is 2.09. The Morgan fingerprint density at radius 2 is 1.83 bits per heavy atom. The molecule has 5 atom stereocenters. The lowest BCUT2D eigenvalue weighted by Gasteiger charge is -2.22. The molecule has 0 unspecified atom stereocenters. The highest BCUT2D eigenvalue weighted by molar-refractivity contribution is 6.40. The molecule has 0 saturated carbocycles. The molecule has 0 fully saturated rings. The average molecular weight is 264 g/mol. The molecule has 0 aromatic heterocycles. The molecular formula is C11H21NO6. The van der Waals surface area contributed by atoms with Crippen molar-refractivity contribution in [2.75, 3.05) is 6.61 Å². The molecule has 7 nitrogen and oxygen atoms in total. The van der Waals surface area contributed by atoms with E-state index in [2.05, 4.69) is 0 Å². The molecule has 0 aliphatic carbocycles. The lowest BCUT2D eigenvalue weighted by Crippen LogP contribution is -2.51. The normalized spacial score (nSPS) is 20.4. The Balaban J connectivity index is 4.84. The third kappa shape index (κ3) is 4.11. The van der Waals surface area contributed by atoms with Gasteiger partial charge in [-0.2, -0.15) is 0 Å². The minimum Gasteiger partial charge on any atom is -0.394 e. The van der Waals surface area contributed by atoms with Crippen LogP contribution >= 0.6 is 0 Å². The molecule has 0 aliphatic heterocycles. The fraction of sp³-hybridized carbons (Fsp3) is 0.818. The van der Waals surface area contributed by atoms with Gasteiger partial charge in [-0.3, -0.25) is 9.59 Å². The second kappa shape index (κ2) is 7.55. The molecule has 0 aliphatic rings. The number of aliphatic hydroxyl groups excluding tert-OH is 4. The molecule has 0 bridgehead atoms. The maximum Gasteiger partial charge on any atom is 0.231 e. The lowest BCUT2D eigenvalue weighted by atomic mass is 9.91. The Labute approximate surface area is 107 Å². The Bertz CT molecular complexity index is 314. The minimum atomic E-state index is -2.13. The van der Waals surface area contributed by atoms with E-state index in [1.54, 1.807) is 13.8 Å². The summed E-state index contributed by atoms with van der Waals surface area (Å²) in [5.74, 6) is -2.65. The van der Waals surface area contributed by atoms with Crippen molar-refractivity contribution in [2.24, 2.45) is 11.6 Å². The maximum absolute atomic E-state index is 11.8. The molecule has 0 rings (SSSR count). The van der Waals surface area contributed by atoms with Crippen LogP contribution in [0.15, 0.2) is 0 Å². The number of hydrogen-bond donors (Lipinski definition) is 5. The first-order chi connectivity index (χ1) is 8.81. The second-order valence-corrected chi connectivity index (χ2v) is 4.28. The van der Waals surface area contributed by atoms with Gasteiger partial charge in [-0.1, -0.05) is 20.3 Å². The number of carbonyl (C=O) groups is 2. The van der Waals surface area contributed by atoms with Gasteiger partial charge in [0.25, 0.3) is 0 Å². The highest BCUT2D eigenvalue weighted by atomic mass is 16.4. The minimum absolute atomic E-state index is 0.305. The number of carbonyl (C=O) groups excluding carboxylic acids is 2. The van der Waals surface area contributed by atoms with E-state index in [-0.39, 0.29) is 5.92 Å². The third-order valence-electron chi connectivity index (χ3n) is 2.91. The van der Waals surface area contributed by atoms with Crippen LogP contribution in [0, 0.1) is 5.92 Å². The molecule has 6 N–H and O–H groups in total. The van der Waals surface area contributed by atoms with E-state index in [0.717, 1.165) is 0 Å². The molecule has 7 heteroatoms. The van der Waals surface area contributed by atoms with E-state index in [0.29, 0.717) is 6.42 Å². The molecule has 0 saturated heterocycles. The van der Waals surface area contributed by atoms with Crippen LogP contribution in [-0.2, 0) is 9.59 Å². The van der Waals surface area contributed by atoms with Crippen LogP contribution in [-0.4, -0.2) is 63.0 Å². The van der Waals surface area contributed by atoms with Crippen LogP contribution < -0.4 is 5.73 Å².